The molecular formula is C12H14BrN5O. The van der Waals surface area contributed by atoms with Crippen molar-refractivity contribution in [3.8, 4) is 5.75 Å². The van der Waals surface area contributed by atoms with Crippen LogP contribution in [0.1, 0.15) is 5.56 Å². The molecular weight excluding hydrogens is 310 g/mol. The fourth-order valence-electron chi connectivity index (χ4n) is 1.63. The van der Waals surface area contributed by atoms with Crippen molar-refractivity contribution in [2.45, 2.75) is 6.92 Å². The molecule has 2 rings (SSSR count). The lowest BCUT2D eigenvalue weighted by Gasteiger charge is -2.13. The second kappa shape index (κ2) is 5.85. The van der Waals surface area contributed by atoms with Gasteiger partial charge in [0.1, 0.15) is 23.7 Å². The molecule has 100 valence electrons. The van der Waals surface area contributed by atoms with Gasteiger partial charge in [-0.05, 0) is 25.1 Å². The van der Waals surface area contributed by atoms with Crippen LogP contribution in [0.25, 0.3) is 0 Å². The summed E-state index contributed by atoms with van der Waals surface area (Å²) in [5.41, 5.74) is 4.16. The monoisotopic (exact) mass is 323 g/mol. The van der Waals surface area contributed by atoms with Gasteiger partial charge in [-0.1, -0.05) is 15.9 Å². The Morgan fingerprint density at radius 3 is 2.68 bits per heavy atom. The summed E-state index contributed by atoms with van der Waals surface area (Å²) in [5.74, 6) is 7.36. The molecule has 6 nitrogen and oxygen atoms in total. The molecule has 0 saturated carbocycles. The molecule has 0 aliphatic carbocycles. The molecule has 0 radical (unpaired) electrons. The van der Waals surface area contributed by atoms with E-state index in [0.717, 1.165) is 21.5 Å². The van der Waals surface area contributed by atoms with Gasteiger partial charge in [0, 0.05) is 10.0 Å². The van der Waals surface area contributed by atoms with E-state index in [1.54, 1.807) is 7.11 Å². The van der Waals surface area contributed by atoms with E-state index in [-0.39, 0.29) is 0 Å². The molecule has 19 heavy (non-hydrogen) atoms. The van der Waals surface area contributed by atoms with Crippen LogP contribution in [0.5, 0.6) is 5.75 Å². The fourth-order valence-corrected chi connectivity index (χ4v) is 1.99. The van der Waals surface area contributed by atoms with Crippen LogP contribution in [0.3, 0.4) is 0 Å². The molecule has 0 spiro atoms. The number of hydrazine groups is 1. The Kier molecular flexibility index (Phi) is 4.18. The number of ether oxygens (including phenoxy) is 1. The van der Waals surface area contributed by atoms with Gasteiger partial charge in [-0.2, -0.15) is 0 Å². The van der Waals surface area contributed by atoms with E-state index < -0.39 is 0 Å². The van der Waals surface area contributed by atoms with Crippen LogP contribution in [-0.2, 0) is 0 Å². The average Bonchev–Trinajstić information content (AvgIpc) is 2.41. The zero-order valence-electron chi connectivity index (χ0n) is 10.6. The number of nitrogen functional groups attached to an aromatic ring is 1. The first-order valence-electron chi connectivity index (χ1n) is 5.54. The summed E-state index contributed by atoms with van der Waals surface area (Å²) >= 11 is 3.42. The first kappa shape index (κ1) is 13.6. The van der Waals surface area contributed by atoms with Gasteiger partial charge >= 0.3 is 0 Å². The number of nitrogens with one attached hydrogen (secondary N) is 2. The summed E-state index contributed by atoms with van der Waals surface area (Å²) in [7, 11) is 1.62. The van der Waals surface area contributed by atoms with Gasteiger partial charge < -0.3 is 15.5 Å². The Bertz CT molecular complexity index is 590. The summed E-state index contributed by atoms with van der Waals surface area (Å²) in [4.78, 5) is 8.23. The molecule has 1 heterocycles. The predicted molar refractivity (Wildman–Crippen MR) is 78.6 cm³/mol. The number of halogens is 1. The molecule has 0 aliphatic rings. The summed E-state index contributed by atoms with van der Waals surface area (Å²) in [6.07, 6.45) is 1.44. The zero-order chi connectivity index (χ0) is 13.8. The second-order valence-electron chi connectivity index (χ2n) is 3.81. The maximum Gasteiger partial charge on any atom is 0.148 e. The number of nitrogens with two attached hydrogens (primary N) is 1. The lowest BCUT2D eigenvalue weighted by atomic mass is 10.2. The van der Waals surface area contributed by atoms with E-state index in [4.69, 9.17) is 10.6 Å². The van der Waals surface area contributed by atoms with E-state index in [9.17, 15) is 0 Å². The predicted octanol–water partition coefficient (Wildman–Crippen LogP) is 2.59. The van der Waals surface area contributed by atoms with Crippen molar-refractivity contribution in [2.75, 3.05) is 17.9 Å². The minimum atomic E-state index is 0.575. The minimum absolute atomic E-state index is 0.575. The molecule has 1 aromatic heterocycles. The van der Waals surface area contributed by atoms with Crippen molar-refractivity contribution >= 4 is 33.3 Å². The topological polar surface area (TPSA) is 85.1 Å². The molecule has 0 unspecified atom stereocenters. The quantitative estimate of drug-likeness (QED) is 0.592. The molecule has 0 saturated heterocycles. The smallest absolute Gasteiger partial charge is 0.148 e. The van der Waals surface area contributed by atoms with Crippen molar-refractivity contribution in [1.82, 2.24) is 9.97 Å². The number of nitrogens with zero attached hydrogens (tertiary/aromatic N) is 2. The summed E-state index contributed by atoms with van der Waals surface area (Å²) in [6, 6.07) is 5.69. The third-order valence-electron chi connectivity index (χ3n) is 2.64. The Morgan fingerprint density at radius 1 is 1.26 bits per heavy atom. The number of anilines is 3. The van der Waals surface area contributed by atoms with Crippen LogP contribution in [0.15, 0.2) is 29.0 Å². The first-order valence-corrected chi connectivity index (χ1v) is 6.33. The summed E-state index contributed by atoms with van der Waals surface area (Å²) in [6.45, 7) is 1.88. The Balaban J connectivity index is 2.38. The molecule has 0 bridgehead atoms. The molecule has 0 amide bonds. The van der Waals surface area contributed by atoms with Crippen molar-refractivity contribution in [3.05, 3.63) is 34.6 Å². The molecule has 0 aliphatic heterocycles. The van der Waals surface area contributed by atoms with Crippen LogP contribution >= 0.6 is 15.9 Å². The number of hydrogen-bond acceptors (Lipinski definition) is 6. The highest BCUT2D eigenvalue weighted by Crippen LogP contribution is 2.31. The van der Waals surface area contributed by atoms with Gasteiger partial charge in [0.25, 0.3) is 0 Å². The molecule has 1 aromatic carbocycles. The first-order chi connectivity index (χ1) is 9.15. The maximum atomic E-state index is 5.39. The second-order valence-corrected chi connectivity index (χ2v) is 4.73. The third kappa shape index (κ3) is 2.94. The molecule has 4 N–H and O–H groups in total. The van der Waals surface area contributed by atoms with E-state index in [1.165, 1.54) is 6.33 Å². The Hall–Kier alpha value is -1.86. The van der Waals surface area contributed by atoms with E-state index in [2.05, 4.69) is 36.6 Å². The van der Waals surface area contributed by atoms with Crippen LogP contribution < -0.4 is 21.3 Å². The SMILES string of the molecule is COc1ccc(Br)cc1Nc1ncnc(NN)c1C. The Morgan fingerprint density at radius 2 is 2.00 bits per heavy atom. The highest BCUT2D eigenvalue weighted by molar-refractivity contribution is 9.10. The van der Waals surface area contributed by atoms with Gasteiger partial charge in [0.2, 0.25) is 0 Å². The average molecular weight is 324 g/mol. The van der Waals surface area contributed by atoms with Gasteiger partial charge in [0.05, 0.1) is 12.8 Å². The van der Waals surface area contributed by atoms with Gasteiger partial charge in [-0.3, -0.25) is 0 Å². The van der Waals surface area contributed by atoms with Crippen LogP contribution in [0, 0.1) is 6.92 Å². The van der Waals surface area contributed by atoms with E-state index >= 15 is 0 Å². The zero-order valence-corrected chi connectivity index (χ0v) is 12.2. The van der Waals surface area contributed by atoms with Crippen molar-refractivity contribution in [1.29, 1.82) is 0 Å². The normalized spacial score (nSPS) is 10.1. The van der Waals surface area contributed by atoms with Crippen LogP contribution in [-0.4, -0.2) is 17.1 Å². The maximum absolute atomic E-state index is 5.39. The highest BCUT2D eigenvalue weighted by Gasteiger charge is 2.09. The number of benzene rings is 1. The largest absolute Gasteiger partial charge is 0.495 e. The Labute approximate surface area is 119 Å². The number of aromatic nitrogens is 2. The number of rotatable bonds is 4. The number of hydrogen-bond donors (Lipinski definition) is 3. The van der Waals surface area contributed by atoms with Gasteiger partial charge in [0.15, 0.2) is 0 Å². The summed E-state index contributed by atoms with van der Waals surface area (Å²) < 4.78 is 6.25. The molecule has 7 heteroatoms. The van der Waals surface area contributed by atoms with Gasteiger partial charge in [-0.25, -0.2) is 15.8 Å². The lowest BCUT2D eigenvalue weighted by molar-refractivity contribution is 0.416. The third-order valence-corrected chi connectivity index (χ3v) is 3.13. The lowest BCUT2D eigenvalue weighted by Crippen LogP contribution is -2.11. The van der Waals surface area contributed by atoms with Crippen molar-refractivity contribution in [3.63, 3.8) is 0 Å². The highest BCUT2D eigenvalue weighted by atomic mass is 79.9. The summed E-state index contributed by atoms with van der Waals surface area (Å²) in [5, 5.41) is 3.21. The standard InChI is InChI=1S/C12H14BrN5O/c1-7-11(15-6-16-12(7)18-14)17-9-5-8(13)3-4-10(9)19-2/h3-6H,14H2,1-2H3,(H2,15,16,17,18). The van der Waals surface area contributed by atoms with Crippen LogP contribution in [0.2, 0.25) is 0 Å². The van der Waals surface area contributed by atoms with Crippen LogP contribution in [0.4, 0.5) is 17.3 Å². The van der Waals surface area contributed by atoms with E-state index in [0.29, 0.717) is 11.6 Å². The number of methoxy groups -OCH3 is 1. The van der Waals surface area contributed by atoms with Crippen molar-refractivity contribution in [2.24, 2.45) is 5.84 Å². The fraction of sp³-hybridized carbons (Fsp3) is 0.167. The molecule has 0 atom stereocenters. The minimum Gasteiger partial charge on any atom is -0.495 e. The van der Waals surface area contributed by atoms with E-state index in [1.807, 2.05) is 25.1 Å². The van der Waals surface area contributed by atoms with Crippen molar-refractivity contribution < 1.29 is 4.74 Å². The molecule has 0 fully saturated rings. The molecule has 2 aromatic rings. The van der Waals surface area contributed by atoms with Gasteiger partial charge in [-0.15, -0.1) is 0 Å².